The summed E-state index contributed by atoms with van der Waals surface area (Å²) in [6.45, 7) is 3.65. The van der Waals surface area contributed by atoms with Crippen LogP contribution in [-0.2, 0) is 14.8 Å². The third kappa shape index (κ3) is 3.83. The van der Waals surface area contributed by atoms with E-state index in [2.05, 4.69) is 0 Å². The molecule has 1 unspecified atom stereocenters. The van der Waals surface area contributed by atoms with Gasteiger partial charge in [0.15, 0.2) is 0 Å². The van der Waals surface area contributed by atoms with Crippen LogP contribution in [0.5, 0.6) is 0 Å². The van der Waals surface area contributed by atoms with Crippen molar-refractivity contribution >= 4 is 16.0 Å². The molecule has 0 aliphatic carbocycles. The quantitative estimate of drug-likeness (QED) is 0.823. The highest BCUT2D eigenvalue weighted by atomic mass is 32.2. The van der Waals surface area contributed by atoms with Gasteiger partial charge in [-0.3, -0.25) is 0 Å². The minimum Gasteiger partial charge on any atom is -0.459 e. The van der Waals surface area contributed by atoms with E-state index < -0.39 is 16.0 Å². The van der Waals surface area contributed by atoms with Crippen molar-refractivity contribution in [2.75, 3.05) is 0 Å². The zero-order valence-electron chi connectivity index (χ0n) is 9.71. The van der Waals surface area contributed by atoms with Crippen LogP contribution in [0.4, 0.5) is 0 Å². The Morgan fingerprint density at radius 3 is 2.65 bits per heavy atom. The number of benzene rings is 1. The largest absolute Gasteiger partial charge is 0.459 e. The van der Waals surface area contributed by atoms with Crippen LogP contribution in [0.15, 0.2) is 29.2 Å². The second-order valence-corrected chi connectivity index (χ2v) is 5.26. The maximum Gasteiger partial charge on any atom is 0.338 e. The van der Waals surface area contributed by atoms with Gasteiger partial charge in [0.1, 0.15) is 0 Å². The highest BCUT2D eigenvalue weighted by molar-refractivity contribution is 7.89. The van der Waals surface area contributed by atoms with Crippen LogP contribution in [0.1, 0.15) is 30.6 Å². The summed E-state index contributed by atoms with van der Waals surface area (Å²) in [6, 6.07) is 5.47. The zero-order chi connectivity index (χ0) is 13.1. The van der Waals surface area contributed by atoms with Gasteiger partial charge in [0.05, 0.1) is 16.6 Å². The fraction of sp³-hybridized carbons (Fsp3) is 0.364. The molecule has 1 atom stereocenters. The van der Waals surface area contributed by atoms with Crippen LogP contribution in [0, 0.1) is 0 Å². The van der Waals surface area contributed by atoms with Gasteiger partial charge in [-0.25, -0.2) is 18.4 Å². The zero-order valence-corrected chi connectivity index (χ0v) is 10.5. The van der Waals surface area contributed by atoms with Crippen molar-refractivity contribution in [3.63, 3.8) is 0 Å². The lowest BCUT2D eigenvalue weighted by Crippen LogP contribution is -2.16. The van der Waals surface area contributed by atoms with E-state index in [9.17, 15) is 13.2 Å². The van der Waals surface area contributed by atoms with E-state index in [1.165, 1.54) is 24.3 Å². The van der Waals surface area contributed by atoms with E-state index in [0.29, 0.717) is 6.42 Å². The summed E-state index contributed by atoms with van der Waals surface area (Å²) in [5.41, 5.74) is 0.178. The van der Waals surface area contributed by atoms with Crippen LogP contribution in [-0.4, -0.2) is 20.5 Å². The molecule has 0 saturated carbocycles. The van der Waals surface area contributed by atoms with Crippen molar-refractivity contribution in [3.05, 3.63) is 29.8 Å². The summed E-state index contributed by atoms with van der Waals surface area (Å²) in [4.78, 5) is 11.5. The molecule has 0 heterocycles. The average Bonchev–Trinajstić information content (AvgIpc) is 2.28. The monoisotopic (exact) mass is 257 g/mol. The van der Waals surface area contributed by atoms with Crippen LogP contribution >= 0.6 is 0 Å². The molecule has 1 aromatic carbocycles. The fourth-order valence-corrected chi connectivity index (χ4v) is 1.69. The molecule has 0 fully saturated rings. The van der Waals surface area contributed by atoms with Crippen molar-refractivity contribution in [2.45, 2.75) is 31.3 Å². The molecule has 0 aliphatic rings. The predicted octanol–water partition coefficient (Wildman–Crippen LogP) is 1.29. The maximum absolute atomic E-state index is 11.6. The molecule has 94 valence electrons. The SMILES string of the molecule is CCC(C)OC(=O)c1cccc(S(N)(=O)=O)c1. The van der Waals surface area contributed by atoms with E-state index in [4.69, 9.17) is 9.88 Å². The molecule has 0 radical (unpaired) electrons. The van der Waals surface area contributed by atoms with Gasteiger partial charge in [0.2, 0.25) is 10.0 Å². The molecular weight excluding hydrogens is 242 g/mol. The lowest BCUT2D eigenvalue weighted by molar-refractivity contribution is 0.0334. The van der Waals surface area contributed by atoms with Gasteiger partial charge in [-0.05, 0) is 31.5 Å². The Morgan fingerprint density at radius 1 is 1.47 bits per heavy atom. The lowest BCUT2D eigenvalue weighted by Gasteiger charge is -2.10. The minimum absolute atomic E-state index is 0.101. The molecule has 17 heavy (non-hydrogen) atoms. The molecule has 0 aliphatic heterocycles. The van der Waals surface area contributed by atoms with Crippen LogP contribution in [0.25, 0.3) is 0 Å². The second-order valence-electron chi connectivity index (χ2n) is 3.70. The molecule has 6 heteroatoms. The number of nitrogens with two attached hydrogens (primary N) is 1. The van der Waals surface area contributed by atoms with Gasteiger partial charge in [0, 0.05) is 0 Å². The first-order valence-corrected chi connectivity index (χ1v) is 6.73. The summed E-state index contributed by atoms with van der Waals surface area (Å²) >= 11 is 0. The van der Waals surface area contributed by atoms with Gasteiger partial charge in [-0.1, -0.05) is 13.0 Å². The van der Waals surface area contributed by atoms with Crippen molar-refractivity contribution in [2.24, 2.45) is 5.14 Å². The Hall–Kier alpha value is -1.40. The lowest BCUT2D eigenvalue weighted by atomic mass is 10.2. The van der Waals surface area contributed by atoms with Crippen molar-refractivity contribution in [1.29, 1.82) is 0 Å². The molecule has 0 spiro atoms. The molecule has 1 rings (SSSR count). The molecule has 1 aromatic rings. The molecule has 0 bridgehead atoms. The number of sulfonamides is 1. The van der Waals surface area contributed by atoms with Crippen LogP contribution < -0.4 is 5.14 Å². The van der Waals surface area contributed by atoms with Crippen LogP contribution in [0.3, 0.4) is 0 Å². The first-order valence-electron chi connectivity index (χ1n) is 5.18. The van der Waals surface area contributed by atoms with Crippen molar-refractivity contribution in [1.82, 2.24) is 0 Å². The Labute approximate surface area is 101 Å². The van der Waals surface area contributed by atoms with Gasteiger partial charge < -0.3 is 4.74 Å². The molecule has 0 saturated heterocycles. The number of rotatable bonds is 4. The summed E-state index contributed by atoms with van der Waals surface area (Å²) < 4.78 is 27.3. The van der Waals surface area contributed by atoms with Crippen LogP contribution in [0.2, 0.25) is 0 Å². The van der Waals surface area contributed by atoms with E-state index in [1.54, 1.807) is 6.92 Å². The normalized spacial score (nSPS) is 13.1. The first-order chi connectivity index (χ1) is 7.84. The average molecular weight is 257 g/mol. The molecular formula is C11H15NO4S. The third-order valence-corrected chi connectivity index (χ3v) is 3.19. The molecule has 0 aromatic heterocycles. The Kier molecular flexibility index (Phi) is 4.25. The van der Waals surface area contributed by atoms with Gasteiger partial charge in [-0.15, -0.1) is 0 Å². The number of esters is 1. The number of primary sulfonamides is 1. The maximum atomic E-state index is 11.6. The highest BCUT2D eigenvalue weighted by Gasteiger charge is 2.14. The van der Waals surface area contributed by atoms with E-state index in [1.807, 2.05) is 6.92 Å². The van der Waals surface area contributed by atoms with E-state index in [-0.39, 0.29) is 16.6 Å². The first kappa shape index (κ1) is 13.7. The van der Waals surface area contributed by atoms with E-state index in [0.717, 1.165) is 0 Å². The van der Waals surface area contributed by atoms with E-state index >= 15 is 0 Å². The fourth-order valence-electron chi connectivity index (χ4n) is 1.13. The molecule has 5 nitrogen and oxygen atoms in total. The number of hydrogen-bond acceptors (Lipinski definition) is 4. The smallest absolute Gasteiger partial charge is 0.338 e. The predicted molar refractivity (Wildman–Crippen MR) is 63.0 cm³/mol. The Balaban J connectivity index is 2.97. The second kappa shape index (κ2) is 5.29. The van der Waals surface area contributed by atoms with Gasteiger partial charge in [-0.2, -0.15) is 0 Å². The summed E-state index contributed by atoms with van der Waals surface area (Å²) in [5.74, 6) is -0.551. The molecule has 0 amide bonds. The Morgan fingerprint density at radius 2 is 2.12 bits per heavy atom. The minimum atomic E-state index is -3.80. The Bertz CT molecular complexity index is 510. The number of carbonyl (C=O) groups excluding carboxylic acids is 1. The summed E-state index contributed by atoms with van der Waals surface area (Å²) in [5, 5.41) is 4.97. The number of carbonyl (C=O) groups is 1. The standard InChI is InChI=1S/C11H15NO4S/c1-3-8(2)16-11(13)9-5-4-6-10(7-9)17(12,14)15/h4-8H,3H2,1-2H3,(H2,12,14,15). The van der Waals surface area contributed by atoms with Gasteiger partial charge in [0.25, 0.3) is 0 Å². The van der Waals surface area contributed by atoms with Gasteiger partial charge >= 0.3 is 5.97 Å². The topological polar surface area (TPSA) is 86.5 Å². The van der Waals surface area contributed by atoms with Crippen molar-refractivity contribution in [3.8, 4) is 0 Å². The highest BCUT2D eigenvalue weighted by Crippen LogP contribution is 2.12. The number of hydrogen-bond donors (Lipinski definition) is 1. The third-order valence-electron chi connectivity index (χ3n) is 2.28. The summed E-state index contributed by atoms with van der Waals surface area (Å²) in [6.07, 6.45) is 0.487. The number of ether oxygens (including phenoxy) is 1. The summed E-state index contributed by atoms with van der Waals surface area (Å²) in [7, 11) is -3.80. The molecule has 2 N–H and O–H groups in total. The van der Waals surface area contributed by atoms with Crippen molar-refractivity contribution < 1.29 is 17.9 Å².